The van der Waals surface area contributed by atoms with Gasteiger partial charge in [0.2, 0.25) is 0 Å². The van der Waals surface area contributed by atoms with E-state index in [-0.39, 0.29) is 17.8 Å². The van der Waals surface area contributed by atoms with Crippen LogP contribution in [0.5, 0.6) is 0 Å². The molecule has 0 N–H and O–H groups in total. The molecule has 70 valence electrons. The van der Waals surface area contributed by atoms with E-state index in [0.717, 1.165) is 24.7 Å². The first-order chi connectivity index (χ1) is 6.26. The van der Waals surface area contributed by atoms with E-state index in [1.54, 1.807) is 0 Å². The second-order valence-corrected chi connectivity index (χ2v) is 4.13. The lowest BCUT2D eigenvalue weighted by Crippen LogP contribution is -2.28. The van der Waals surface area contributed by atoms with E-state index in [1.807, 2.05) is 0 Å². The maximum absolute atomic E-state index is 11.4. The Morgan fingerprint density at radius 2 is 2.08 bits per heavy atom. The number of terminal acetylenes is 1. The van der Waals surface area contributed by atoms with Crippen LogP contribution in [-0.4, -0.2) is 13.1 Å². The van der Waals surface area contributed by atoms with Crippen LogP contribution in [0.1, 0.15) is 19.3 Å². The number of carbonyl (C=O) groups is 1. The van der Waals surface area contributed by atoms with Crippen LogP contribution in [0, 0.1) is 36.0 Å². The van der Waals surface area contributed by atoms with Crippen LogP contribution in [0.4, 0.5) is 0 Å². The molecule has 0 aliphatic heterocycles. The average molecular weight is 178 g/mol. The van der Waals surface area contributed by atoms with Gasteiger partial charge in [-0.05, 0) is 31.1 Å². The van der Waals surface area contributed by atoms with E-state index in [2.05, 4.69) is 5.92 Å². The Balaban J connectivity index is 2.07. The van der Waals surface area contributed by atoms with Crippen LogP contribution >= 0.6 is 0 Å². The fourth-order valence-electron chi connectivity index (χ4n) is 2.46. The number of methoxy groups -OCH3 is 1. The van der Waals surface area contributed by atoms with Gasteiger partial charge in [-0.2, -0.15) is 0 Å². The third-order valence-corrected chi connectivity index (χ3v) is 3.39. The number of hydrogen-bond acceptors (Lipinski definition) is 2. The van der Waals surface area contributed by atoms with Gasteiger partial charge in [-0.15, -0.1) is 12.3 Å². The second-order valence-electron chi connectivity index (χ2n) is 4.13. The molecule has 2 rings (SSSR count). The fourth-order valence-corrected chi connectivity index (χ4v) is 2.46. The molecule has 0 spiro atoms. The van der Waals surface area contributed by atoms with E-state index in [0.29, 0.717) is 0 Å². The fraction of sp³-hybridized carbons (Fsp3) is 0.727. The lowest BCUT2D eigenvalue weighted by atomic mass is 9.80. The molecule has 2 nitrogen and oxygen atoms in total. The van der Waals surface area contributed by atoms with E-state index >= 15 is 0 Å². The van der Waals surface area contributed by atoms with Crippen LogP contribution in [0.3, 0.4) is 0 Å². The van der Waals surface area contributed by atoms with Gasteiger partial charge in [0.1, 0.15) is 0 Å². The number of carbonyl (C=O) groups excluding carboxylic acids is 1. The van der Waals surface area contributed by atoms with Gasteiger partial charge in [-0.1, -0.05) is 0 Å². The highest BCUT2D eigenvalue weighted by atomic mass is 16.5. The lowest BCUT2D eigenvalue weighted by molar-refractivity contribution is -0.147. The molecule has 2 aliphatic rings. The van der Waals surface area contributed by atoms with Crippen molar-refractivity contribution in [2.24, 2.45) is 23.7 Å². The van der Waals surface area contributed by atoms with Gasteiger partial charge >= 0.3 is 5.97 Å². The molecule has 0 aromatic heterocycles. The molecule has 2 saturated carbocycles. The normalized spacial score (nSPS) is 41.5. The predicted octanol–water partition coefficient (Wildman–Crippen LogP) is 1.45. The van der Waals surface area contributed by atoms with Crippen LogP contribution in [0.2, 0.25) is 0 Å². The summed E-state index contributed by atoms with van der Waals surface area (Å²) in [5.74, 6) is 4.27. The molecule has 2 aliphatic carbocycles. The maximum Gasteiger partial charge on any atom is 0.309 e. The van der Waals surface area contributed by atoms with Crippen molar-refractivity contribution in [3.8, 4) is 12.3 Å². The highest BCUT2D eigenvalue weighted by molar-refractivity contribution is 5.73. The zero-order valence-corrected chi connectivity index (χ0v) is 7.82. The van der Waals surface area contributed by atoms with E-state index < -0.39 is 0 Å². The van der Waals surface area contributed by atoms with Crippen LogP contribution < -0.4 is 0 Å². The average Bonchev–Trinajstić information content (AvgIpc) is 2.92. The Bertz CT molecular complexity index is 264. The Hall–Kier alpha value is -0.970. The van der Waals surface area contributed by atoms with Crippen molar-refractivity contribution in [1.82, 2.24) is 0 Å². The molecule has 2 fully saturated rings. The van der Waals surface area contributed by atoms with Gasteiger partial charge in [-0.25, -0.2) is 0 Å². The van der Waals surface area contributed by atoms with Crippen molar-refractivity contribution in [2.75, 3.05) is 7.11 Å². The van der Waals surface area contributed by atoms with E-state index in [9.17, 15) is 4.79 Å². The third-order valence-electron chi connectivity index (χ3n) is 3.39. The monoisotopic (exact) mass is 178 g/mol. The van der Waals surface area contributed by atoms with Gasteiger partial charge in [0.05, 0.1) is 13.0 Å². The van der Waals surface area contributed by atoms with Crippen molar-refractivity contribution in [3.05, 3.63) is 0 Å². The molecule has 0 radical (unpaired) electrons. The smallest absolute Gasteiger partial charge is 0.309 e. The second kappa shape index (κ2) is 3.06. The summed E-state index contributed by atoms with van der Waals surface area (Å²) in [6, 6.07) is 0. The Labute approximate surface area is 78.7 Å². The zero-order chi connectivity index (χ0) is 9.42. The molecule has 2 heteroatoms. The largest absolute Gasteiger partial charge is 0.469 e. The molecule has 4 unspecified atom stereocenters. The van der Waals surface area contributed by atoms with Gasteiger partial charge < -0.3 is 4.74 Å². The topological polar surface area (TPSA) is 26.3 Å². The molecule has 0 amide bonds. The Morgan fingerprint density at radius 1 is 1.38 bits per heavy atom. The standard InChI is InChI=1S/C11H14O2/c1-3-7-4-8-5-9(8)6-10(7)11(12)13-2/h1,7-10H,4-6H2,2H3. The van der Waals surface area contributed by atoms with Gasteiger partial charge in [-0.3, -0.25) is 4.79 Å². The Kier molecular flexibility index (Phi) is 2.03. The first kappa shape index (κ1) is 8.62. The highest BCUT2D eigenvalue weighted by Gasteiger charge is 2.48. The van der Waals surface area contributed by atoms with Crippen molar-refractivity contribution in [3.63, 3.8) is 0 Å². The van der Waals surface area contributed by atoms with Crippen molar-refractivity contribution in [2.45, 2.75) is 19.3 Å². The Morgan fingerprint density at radius 3 is 2.69 bits per heavy atom. The predicted molar refractivity (Wildman–Crippen MR) is 48.7 cm³/mol. The molecule has 0 aromatic rings. The number of rotatable bonds is 1. The molecule has 4 atom stereocenters. The minimum atomic E-state index is -0.117. The SMILES string of the molecule is C#CC1CC2CC2CC1C(=O)OC. The first-order valence-electron chi connectivity index (χ1n) is 4.80. The third kappa shape index (κ3) is 1.44. The summed E-state index contributed by atoms with van der Waals surface area (Å²) in [5, 5.41) is 0. The first-order valence-corrected chi connectivity index (χ1v) is 4.80. The maximum atomic E-state index is 11.4. The van der Waals surface area contributed by atoms with Crippen molar-refractivity contribution >= 4 is 5.97 Å². The molecule has 0 saturated heterocycles. The number of ether oxygens (including phenoxy) is 1. The van der Waals surface area contributed by atoms with Crippen molar-refractivity contribution < 1.29 is 9.53 Å². The van der Waals surface area contributed by atoms with Gasteiger partial charge in [0.15, 0.2) is 0 Å². The number of fused-ring (bicyclic) bond motifs is 1. The minimum Gasteiger partial charge on any atom is -0.469 e. The molecule has 0 bridgehead atoms. The van der Waals surface area contributed by atoms with Crippen LogP contribution in [0.15, 0.2) is 0 Å². The summed E-state index contributed by atoms with van der Waals surface area (Å²) in [7, 11) is 1.44. The molecular weight excluding hydrogens is 164 g/mol. The molecule has 0 aromatic carbocycles. The van der Waals surface area contributed by atoms with Gasteiger partial charge in [0, 0.05) is 5.92 Å². The summed E-state index contributed by atoms with van der Waals surface area (Å²) < 4.78 is 4.75. The molecular formula is C11H14O2. The lowest BCUT2D eigenvalue weighted by Gasteiger charge is -2.24. The molecule has 13 heavy (non-hydrogen) atoms. The molecule has 0 heterocycles. The van der Waals surface area contributed by atoms with Gasteiger partial charge in [0.25, 0.3) is 0 Å². The quantitative estimate of drug-likeness (QED) is 0.449. The summed E-state index contributed by atoms with van der Waals surface area (Å²) in [4.78, 5) is 11.4. The summed E-state index contributed by atoms with van der Waals surface area (Å²) in [6.45, 7) is 0. The summed E-state index contributed by atoms with van der Waals surface area (Å²) in [5.41, 5.74) is 0. The van der Waals surface area contributed by atoms with Crippen molar-refractivity contribution in [1.29, 1.82) is 0 Å². The van der Waals surface area contributed by atoms with Crippen LogP contribution in [-0.2, 0) is 9.53 Å². The zero-order valence-electron chi connectivity index (χ0n) is 7.82. The highest BCUT2D eigenvalue weighted by Crippen LogP contribution is 2.53. The van der Waals surface area contributed by atoms with E-state index in [4.69, 9.17) is 11.2 Å². The van der Waals surface area contributed by atoms with Crippen LogP contribution in [0.25, 0.3) is 0 Å². The minimum absolute atomic E-state index is 0.0289. The summed E-state index contributed by atoms with van der Waals surface area (Å²) >= 11 is 0. The number of esters is 1. The number of hydrogen-bond donors (Lipinski definition) is 0. The van der Waals surface area contributed by atoms with E-state index in [1.165, 1.54) is 13.5 Å². The summed E-state index contributed by atoms with van der Waals surface area (Å²) in [6.07, 6.45) is 8.66.